The molecule has 0 unspecified atom stereocenters. The number of carbonyl (C=O) groups is 2. The maximum Gasteiger partial charge on any atom is 0.309 e. The maximum atomic E-state index is 11.6. The van der Waals surface area contributed by atoms with Crippen LogP contribution >= 0.6 is 11.6 Å². The summed E-state index contributed by atoms with van der Waals surface area (Å²) in [4.78, 5) is 27.1. The summed E-state index contributed by atoms with van der Waals surface area (Å²) in [7, 11) is 0. The number of aromatic nitrogens is 1. The van der Waals surface area contributed by atoms with Crippen LogP contribution in [0.2, 0.25) is 5.15 Å². The molecule has 19 heavy (non-hydrogen) atoms. The number of hydrogen-bond acceptors (Lipinski definition) is 4. The van der Waals surface area contributed by atoms with E-state index in [1.807, 2.05) is 0 Å². The summed E-state index contributed by atoms with van der Waals surface area (Å²) in [5.41, 5.74) is 0.408. The molecule has 1 amide bonds. The van der Waals surface area contributed by atoms with Crippen LogP contribution in [0.15, 0.2) is 18.3 Å². The van der Waals surface area contributed by atoms with Crippen LogP contribution in [0.25, 0.3) is 0 Å². The van der Waals surface area contributed by atoms with Gasteiger partial charge in [-0.05, 0) is 25.0 Å². The molecule has 0 atom stereocenters. The fraction of sp³-hybridized carbons (Fsp3) is 0.462. The van der Waals surface area contributed by atoms with E-state index in [4.69, 9.17) is 16.3 Å². The molecule has 1 aromatic heterocycles. The first-order chi connectivity index (χ1) is 9.16. The molecule has 0 radical (unpaired) electrons. The highest BCUT2D eigenvalue weighted by atomic mass is 35.5. The minimum Gasteiger partial charge on any atom is -0.455 e. The van der Waals surface area contributed by atoms with Gasteiger partial charge in [0.25, 0.3) is 5.91 Å². The van der Waals surface area contributed by atoms with Gasteiger partial charge in [-0.15, -0.1) is 0 Å². The lowest BCUT2D eigenvalue weighted by Crippen LogP contribution is -2.24. The fourth-order valence-corrected chi connectivity index (χ4v) is 2.25. The van der Waals surface area contributed by atoms with E-state index in [0.717, 1.165) is 25.7 Å². The Hall–Kier alpha value is -1.62. The lowest BCUT2D eigenvalue weighted by Gasteiger charge is -2.10. The minimum absolute atomic E-state index is 0.0465. The first-order valence-corrected chi connectivity index (χ1v) is 6.61. The smallest absolute Gasteiger partial charge is 0.309 e. The van der Waals surface area contributed by atoms with E-state index in [1.165, 1.54) is 6.20 Å². The van der Waals surface area contributed by atoms with Gasteiger partial charge in [0.15, 0.2) is 11.8 Å². The number of hydrogen-bond donors (Lipinski definition) is 1. The van der Waals surface area contributed by atoms with Gasteiger partial charge in [-0.1, -0.05) is 24.4 Å². The Kier molecular flexibility index (Phi) is 4.74. The van der Waals surface area contributed by atoms with Crippen molar-refractivity contribution >= 4 is 29.2 Å². The maximum absolute atomic E-state index is 11.6. The van der Waals surface area contributed by atoms with Gasteiger partial charge in [0, 0.05) is 6.20 Å². The van der Waals surface area contributed by atoms with Crippen LogP contribution < -0.4 is 5.32 Å². The Morgan fingerprint density at radius 1 is 1.42 bits per heavy atom. The average molecular weight is 283 g/mol. The van der Waals surface area contributed by atoms with Crippen molar-refractivity contribution in [3.8, 4) is 0 Å². The van der Waals surface area contributed by atoms with Crippen LogP contribution in [0.4, 0.5) is 5.69 Å². The first-order valence-electron chi connectivity index (χ1n) is 6.24. The third-order valence-corrected chi connectivity index (χ3v) is 3.37. The van der Waals surface area contributed by atoms with E-state index in [1.54, 1.807) is 12.1 Å². The number of amides is 1. The third-order valence-electron chi connectivity index (χ3n) is 3.07. The molecule has 1 heterocycles. The Balaban J connectivity index is 1.78. The predicted octanol–water partition coefficient (Wildman–Crippen LogP) is 2.41. The monoisotopic (exact) mass is 282 g/mol. The summed E-state index contributed by atoms with van der Waals surface area (Å²) < 4.78 is 4.99. The Bertz CT molecular complexity index is 473. The summed E-state index contributed by atoms with van der Waals surface area (Å²) in [5.74, 6) is -0.749. The molecule has 1 saturated carbocycles. The molecule has 1 fully saturated rings. The molecule has 0 saturated heterocycles. The second-order valence-corrected chi connectivity index (χ2v) is 4.84. The molecule has 102 valence electrons. The van der Waals surface area contributed by atoms with Gasteiger partial charge in [0.05, 0.1) is 11.6 Å². The predicted molar refractivity (Wildman–Crippen MR) is 70.8 cm³/mol. The Labute approximate surface area is 116 Å². The van der Waals surface area contributed by atoms with Crippen molar-refractivity contribution in [2.24, 2.45) is 5.92 Å². The zero-order chi connectivity index (χ0) is 13.7. The molecule has 1 aromatic rings. The molecular weight excluding hydrogens is 268 g/mol. The lowest BCUT2D eigenvalue weighted by molar-refractivity contribution is -0.151. The van der Waals surface area contributed by atoms with E-state index in [-0.39, 0.29) is 23.6 Å². The number of pyridine rings is 1. The zero-order valence-corrected chi connectivity index (χ0v) is 11.2. The first kappa shape index (κ1) is 13.8. The fourth-order valence-electron chi connectivity index (χ4n) is 2.08. The van der Waals surface area contributed by atoms with Crippen LogP contribution in [-0.2, 0) is 14.3 Å². The van der Waals surface area contributed by atoms with Gasteiger partial charge in [-0.2, -0.15) is 0 Å². The quantitative estimate of drug-likeness (QED) is 0.680. The number of nitrogens with zero attached hydrogens (tertiary/aromatic N) is 1. The SMILES string of the molecule is O=C(COC(=O)C1CCCC1)Nc1cccnc1Cl. The second kappa shape index (κ2) is 6.52. The van der Waals surface area contributed by atoms with Gasteiger partial charge in [0.2, 0.25) is 0 Å². The summed E-state index contributed by atoms with van der Waals surface area (Å²) >= 11 is 5.80. The molecule has 1 aliphatic carbocycles. The standard InChI is InChI=1S/C13H15ClN2O3/c14-12-10(6-3-7-15-12)16-11(17)8-19-13(18)9-4-1-2-5-9/h3,6-7,9H,1-2,4-5,8H2,(H,16,17). The largest absolute Gasteiger partial charge is 0.455 e. The highest BCUT2D eigenvalue weighted by Crippen LogP contribution is 2.25. The number of esters is 1. The van der Waals surface area contributed by atoms with Crippen LogP contribution in [0.3, 0.4) is 0 Å². The minimum atomic E-state index is -0.416. The molecule has 6 heteroatoms. The number of halogens is 1. The lowest BCUT2D eigenvalue weighted by atomic mass is 10.1. The van der Waals surface area contributed by atoms with Gasteiger partial charge in [-0.3, -0.25) is 9.59 Å². The van der Waals surface area contributed by atoms with E-state index >= 15 is 0 Å². The van der Waals surface area contributed by atoms with Crippen molar-refractivity contribution in [2.45, 2.75) is 25.7 Å². The van der Waals surface area contributed by atoms with Crippen molar-refractivity contribution < 1.29 is 14.3 Å². The molecule has 1 aliphatic rings. The molecule has 2 rings (SSSR count). The molecule has 0 aromatic carbocycles. The molecule has 0 spiro atoms. The van der Waals surface area contributed by atoms with Gasteiger partial charge in [-0.25, -0.2) is 4.98 Å². The highest BCUT2D eigenvalue weighted by Gasteiger charge is 2.24. The zero-order valence-electron chi connectivity index (χ0n) is 10.4. The van der Waals surface area contributed by atoms with E-state index < -0.39 is 5.91 Å². The van der Waals surface area contributed by atoms with Crippen molar-refractivity contribution in [2.75, 3.05) is 11.9 Å². The van der Waals surface area contributed by atoms with E-state index in [9.17, 15) is 9.59 Å². The van der Waals surface area contributed by atoms with Crippen molar-refractivity contribution in [1.29, 1.82) is 0 Å². The molecule has 0 bridgehead atoms. The third kappa shape index (κ3) is 3.92. The second-order valence-electron chi connectivity index (χ2n) is 4.48. The Morgan fingerprint density at radius 2 is 2.16 bits per heavy atom. The van der Waals surface area contributed by atoms with Crippen molar-refractivity contribution in [3.05, 3.63) is 23.5 Å². The molecule has 0 aliphatic heterocycles. The van der Waals surface area contributed by atoms with E-state index in [0.29, 0.717) is 5.69 Å². The topological polar surface area (TPSA) is 68.3 Å². The summed E-state index contributed by atoms with van der Waals surface area (Å²) in [6.45, 7) is -0.291. The normalized spacial score (nSPS) is 15.2. The summed E-state index contributed by atoms with van der Waals surface area (Å²) in [6.07, 6.45) is 5.34. The number of carbonyl (C=O) groups excluding carboxylic acids is 2. The van der Waals surface area contributed by atoms with Gasteiger partial charge in [0.1, 0.15) is 0 Å². The molecular formula is C13H15ClN2O3. The summed E-state index contributed by atoms with van der Waals surface area (Å²) in [5, 5.41) is 2.75. The number of rotatable bonds is 4. The van der Waals surface area contributed by atoms with Crippen LogP contribution in [0.1, 0.15) is 25.7 Å². The van der Waals surface area contributed by atoms with E-state index in [2.05, 4.69) is 10.3 Å². The molecule has 1 N–H and O–H groups in total. The Morgan fingerprint density at radius 3 is 2.84 bits per heavy atom. The number of ether oxygens (including phenoxy) is 1. The van der Waals surface area contributed by atoms with Crippen LogP contribution in [0.5, 0.6) is 0 Å². The van der Waals surface area contributed by atoms with Crippen LogP contribution in [-0.4, -0.2) is 23.5 Å². The van der Waals surface area contributed by atoms with Crippen molar-refractivity contribution in [1.82, 2.24) is 4.98 Å². The number of anilines is 1. The van der Waals surface area contributed by atoms with Gasteiger partial charge >= 0.3 is 5.97 Å². The van der Waals surface area contributed by atoms with Crippen molar-refractivity contribution in [3.63, 3.8) is 0 Å². The average Bonchev–Trinajstić information content (AvgIpc) is 2.93. The van der Waals surface area contributed by atoms with Gasteiger partial charge < -0.3 is 10.1 Å². The van der Waals surface area contributed by atoms with Crippen LogP contribution in [0, 0.1) is 5.92 Å². The molecule has 5 nitrogen and oxygen atoms in total. The summed E-state index contributed by atoms with van der Waals surface area (Å²) in [6, 6.07) is 3.29. The highest BCUT2D eigenvalue weighted by molar-refractivity contribution is 6.32. The number of nitrogens with one attached hydrogen (secondary N) is 1.